The third kappa shape index (κ3) is 6.27. The van der Waals surface area contributed by atoms with E-state index in [1.807, 2.05) is 30.3 Å². The van der Waals surface area contributed by atoms with Crippen molar-refractivity contribution in [3.05, 3.63) is 60.2 Å². The van der Waals surface area contributed by atoms with E-state index in [0.29, 0.717) is 13.0 Å². The van der Waals surface area contributed by atoms with Crippen molar-refractivity contribution in [1.29, 1.82) is 0 Å². The van der Waals surface area contributed by atoms with Crippen molar-refractivity contribution in [1.82, 2.24) is 10.0 Å². The molecule has 0 radical (unpaired) electrons. The van der Waals surface area contributed by atoms with E-state index < -0.39 is 33.0 Å². The van der Waals surface area contributed by atoms with Crippen LogP contribution in [-0.2, 0) is 21.2 Å². The third-order valence-electron chi connectivity index (χ3n) is 3.43. The zero-order valence-corrected chi connectivity index (χ0v) is 15.1. The van der Waals surface area contributed by atoms with Gasteiger partial charge < -0.3 is 10.6 Å². The minimum absolute atomic E-state index is 0.0274. The van der Waals surface area contributed by atoms with Crippen LogP contribution >= 0.6 is 0 Å². The second-order valence-electron chi connectivity index (χ2n) is 5.58. The lowest BCUT2D eigenvalue weighted by Gasteiger charge is -2.11. The van der Waals surface area contributed by atoms with Gasteiger partial charge in [-0.1, -0.05) is 36.4 Å². The normalized spacial score (nSPS) is 11.5. The quantitative estimate of drug-likeness (QED) is 0.674. The number of carbonyl (C=O) groups is 2. The molecule has 150 valence electrons. The molecule has 0 saturated heterocycles. The van der Waals surface area contributed by atoms with Crippen LogP contribution in [0.2, 0.25) is 0 Å². The Morgan fingerprint density at radius 3 is 2.29 bits per heavy atom. The molecular weight excluding hydrogens is 399 g/mol. The van der Waals surface area contributed by atoms with Gasteiger partial charge in [-0.25, -0.2) is 17.9 Å². The highest BCUT2D eigenvalue weighted by Crippen LogP contribution is 2.19. The van der Waals surface area contributed by atoms with E-state index in [4.69, 9.17) is 0 Å². The number of alkyl halides is 3. The Labute approximate surface area is 159 Å². The van der Waals surface area contributed by atoms with E-state index in [2.05, 4.69) is 10.6 Å². The molecule has 0 aromatic heterocycles. The fraction of sp³-hybridized carbons (Fsp3) is 0.176. The summed E-state index contributed by atoms with van der Waals surface area (Å²) in [6, 6.07) is 13.2. The molecule has 0 atom stereocenters. The minimum atomic E-state index is -5.35. The van der Waals surface area contributed by atoms with Gasteiger partial charge in [0.2, 0.25) is 0 Å². The lowest BCUT2D eigenvalue weighted by molar-refractivity contribution is -0.171. The zero-order chi connectivity index (χ0) is 20.8. The van der Waals surface area contributed by atoms with Crippen LogP contribution in [0.25, 0.3) is 0 Å². The molecule has 28 heavy (non-hydrogen) atoms. The Morgan fingerprint density at radius 1 is 0.964 bits per heavy atom. The molecule has 0 saturated carbocycles. The maximum atomic E-state index is 12.2. The Balaban J connectivity index is 1.96. The predicted octanol–water partition coefficient (Wildman–Crippen LogP) is 2.42. The smallest absolute Gasteiger partial charge is 0.338 e. The van der Waals surface area contributed by atoms with Crippen molar-refractivity contribution in [2.45, 2.75) is 17.5 Å². The number of carbonyl (C=O) groups excluding carboxylic acids is 2. The number of nitrogens with one attached hydrogen (secondary N) is 3. The van der Waals surface area contributed by atoms with Crippen molar-refractivity contribution in [3.63, 3.8) is 0 Å². The summed E-state index contributed by atoms with van der Waals surface area (Å²) in [6.45, 7) is 0.315. The van der Waals surface area contributed by atoms with Gasteiger partial charge >= 0.3 is 18.1 Å². The molecule has 0 unspecified atom stereocenters. The van der Waals surface area contributed by atoms with Gasteiger partial charge in [-0.2, -0.15) is 13.2 Å². The number of benzene rings is 2. The summed E-state index contributed by atoms with van der Waals surface area (Å²) in [7, 11) is -4.75. The Morgan fingerprint density at radius 2 is 1.64 bits per heavy atom. The molecule has 0 heterocycles. The monoisotopic (exact) mass is 415 g/mol. The van der Waals surface area contributed by atoms with Gasteiger partial charge in [-0.15, -0.1) is 0 Å². The second kappa shape index (κ2) is 8.74. The summed E-state index contributed by atoms with van der Waals surface area (Å²) in [5, 5.41) is 4.95. The molecule has 2 aromatic rings. The number of rotatable bonds is 6. The largest absolute Gasteiger partial charge is 0.472 e. The molecule has 11 heteroatoms. The van der Waals surface area contributed by atoms with Crippen LogP contribution in [0.4, 0.5) is 23.7 Å². The van der Waals surface area contributed by atoms with Crippen LogP contribution in [0.15, 0.2) is 59.5 Å². The van der Waals surface area contributed by atoms with Gasteiger partial charge in [0, 0.05) is 12.2 Å². The number of halogens is 3. The molecular formula is C17H16F3N3O4S. The maximum Gasteiger partial charge on any atom is 0.472 e. The Kier molecular flexibility index (Phi) is 6.62. The fourth-order valence-corrected chi connectivity index (χ4v) is 3.14. The summed E-state index contributed by atoms with van der Waals surface area (Å²) in [5.74, 6) is -2.61. The molecule has 0 aliphatic rings. The Hall–Kier alpha value is -3.08. The average Bonchev–Trinajstić information content (AvgIpc) is 2.61. The van der Waals surface area contributed by atoms with Gasteiger partial charge in [0.1, 0.15) is 0 Å². The summed E-state index contributed by atoms with van der Waals surface area (Å²) >= 11 is 0. The molecule has 3 amide bonds. The van der Waals surface area contributed by atoms with E-state index in [1.54, 1.807) is 0 Å². The topological polar surface area (TPSA) is 104 Å². The van der Waals surface area contributed by atoms with E-state index in [1.165, 1.54) is 12.1 Å². The summed E-state index contributed by atoms with van der Waals surface area (Å²) in [5.41, 5.74) is 1.04. The predicted molar refractivity (Wildman–Crippen MR) is 95.0 cm³/mol. The van der Waals surface area contributed by atoms with Crippen LogP contribution in [0.3, 0.4) is 0 Å². The summed E-state index contributed by atoms with van der Waals surface area (Å²) in [6.07, 6.45) is -4.77. The molecule has 0 bridgehead atoms. The fourth-order valence-electron chi connectivity index (χ4n) is 2.12. The molecule has 7 nitrogen and oxygen atoms in total. The van der Waals surface area contributed by atoms with E-state index in [-0.39, 0.29) is 5.69 Å². The highest BCUT2D eigenvalue weighted by Gasteiger charge is 2.41. The number of anilines is 1. The van der Waals surface area contributed by atoms with Gasteiger partial charge in [-0.3, -0.25) is 4.79 Å². The van der Waals surface area contributed by atoms with Gasteiger partial charge in [0.05, 0.1) is 4.90 Å². The standard InChI is InChI=1S/C17H16F3N3O4S/c18-17(19,20)15(24)23-28(26,27)14-8-4-7-13(11-14)22-16(25)21-10-9-12-5-2-1-3-6-12/h1-8,11H,9-10H2,(H,23,24)(H2,21,22,25). The summed E-state index contributed by atoms with van der Waals surface area (Å²) in [4.78, 5) is 22.1. The molecule has 0 fully saturated rings. The molecule has 0 spiro atoms. The number of hydrogen-bond donors (Lipinski definition) is 3. The lowest BCUT2D eigenvalue weighted by atomic mass is 10.1. The third-order valence-corrected chi connectivity index (χ3v) is 4.76. The van der Waals surface area contributed by atoms with E-state index >= 15 is 0 Å². The number of sulfonamides is 1. The molecule has 2 aromatic carbocycles. The van der Waals surface area contributed by atoms with E-state index in [9.17, 15) is 31.2 Å². The maximum absolute atomic E-state index is 12.2. The lowest BCUT2D eigenvalue weighted by Crippen LogP contribution is -2.40. The van der Waals surface area contributed by atoms with Crippen LogP contribution in [0, 0.1) is 0 Å². The molecule has 0 aliphatic carbocycles. The van der Waals surface area contributed by atoms with Crippen molar-refractivity contribution in [2.75, 3.05) is 11.9 Å². The van der Waals surface area contributed by atoms with Crippen molar-refractivity contribution in [3.8, 4) is 0 Å². The molecule has 3 N–H and O–H groups in total. The highest BCUT2D eigenvalue weighted by atomic mass is 32.2. The number of urea groups is 1. The summed E-state index contributed by atoms with van der Waals surface area (Å²) < 4.78 is 61.5. The van der Waals surface area contributed by atoms with Crippen LogP contribution < -0.4 is 15.4 Å². The first-order chi connectivity index (χ1) is 13.1. The first-order valence-electron chi connectivity index (χ1n) is 7.91. The first-order valence-corrected chi connectivity index (χ1v) is 9.39. The SMILES string of the molecule is O=C(NCCc1ccccc1)Nc1cccc(S(=O)(=O)NC(=O)C(F)(F)F)c1. The Bertz CT molecular complexity index is 948. The van der Waals surface area contributed by atoms with Crippen LogP contribution in [-0.4, -0.2) is 33.1 Å². The van der Waals surface area contributed by atoms with Crippen molar-refractivity contribution in [2.24, 2.45) is 0 Å². The second-order valence-corrected chi connectivity index (χ2v) is 7.26. The minimum Gasteiger partial charge on any atom is -0.338 e. The van der Waals surface area contributed by atoms with Crippen LogP contribution in [0.5, 0.6) is 0 Å². The molecule has 0 aliphatic heterocycles. The molecule has 2 rings (SSSR count). The van der Waals surface area contributed by atoms with Crippen molar-refractivity contribution < 1.29 is 31.2 Å². The van der Waals surface area contributed by atoms with Gasteiger partial charge in [0.15, 0.2) is 0 Å². The van der Waals surface area contributed by atoms with Crippen LogP contribution in [0.1, 0.15) is 5.56 Å². The average molecular weight is 415 g/mol. The van der Waals surface area contributed by atoms with Gasteiger partial charge in [0.25, 0.3) is 10.0 Å². The first kappa shape index (κ1) is 21.2. The number of amides is 3. The van der Waals surface area contributed by atoms with Crippen molar-refractivity contribution >= 4 is 27.6 Å². The zero-order valence-electron chi connectivity index (χ0n) is 14.3. The number of hydrogen-bond acceptors (Lipinski definition) is 4. The highest BCUT2D eigenvalue weighted by molar-refractivity contribution is 7.90. The van der Waals surface area contributed by atoms with Gasteiger partial charge in [-0.05, 0) is 30.2 Å². The van der Waals surface area contributed by atoms with E-state index in [0.717, 1.165) is 22.4 Å².